The Morgan fingerprint density at radius 1 is 1.53 bits per heavy atom. The third-order valence-corrected chi connectivity index (χ3v) is 4.59. The van der Waals surface area contributed by atoms with Crippen LogP contribution in [-0.4, -0.2) is 16.1 Å². The van der Waals surface area contributed by atoms with Gasteiger partial charge in [-0.05, 0) is 37.0 Å². The summed E-state index contributed by atoms with van der Waals surface area (Å²) >= 11 is 3.45. The molecule has 0 bridgehead atoms. The Labute approximate surface area is 119 Å². The van der Waals surface area contributed by atoms with E-state index in [2.05, 4.69) is 22.9 Å². The molecule has 1 atom stereocenters. The first-order valence-electron chi connectivity index (χ1n) is 6.47. The van der Waals surface area contributed by atoms with E-state index in [1.54, 1.807) is 0 Å². The number of halogens is 1. The first kappa shape index (κ1) is 12.6. The molecule has 0 amide bonds. The van der Waals surface area contributed by atoms with E-state index in [0.717, 1.165) is 45.9 Å². The zero-order valence-corrected chi connectivity index (χ0v) is 12.2. The van der Waals surface area contributed by atoms with E-state index in [-0.39, 0.29) is 0 Å². The van der Waals surface area contributed by atoms with Crippen LogP contribution >= 0.6 is 15.9 Å². The summed E-state index contributed by atoms with van der Waals surface area (Å²) < 4.78 is 0.803. The number of pyridine rings is 1. The summed E-state index contributed by atoms with van der Waals surface area (Å²) in [7, 11) is 0. The normalized spacial score (nSPS) is 17.7. The molecule has 3 rings (SSSR count). The topological polar surface area (TPSA) is 50.2 Å². The molecule has 1 heterocycles. The monoisotopic (exact) mass is 319 g/mol. The van der Waals surface area contributed by atoms with Gasteiger partial charge in [0, 0.05) is 21.5 Å². The average Bonchev–Trinajstić information content (AvgIpc) is 2.78. The van der Waals surface area contributed by atoms with Crippen LogP contribution in [0.15, 0.2) is 22.7 Å². The van der Waals surface area contributed by atoms with E-state index in [0.29, 0.717) is 11.5 Å². The highest BCUT2D eigenvalue weighted by atomic mass is 79.9. The first-order valence-corrected chi connectivity index (χ1v) is 7.27. The quantitative estimate of drug-likeness (QED) is 0.905. The first-order chi connectivity index (χ1) is 9.13. The minimum absolute atomic E-state index is 0.400. The summed E-state index contributed by atoms with van der Waals surface area (Å²) in [6, 6.07) is 5.65. The van der Waals surface area contributed by atoms with Gasteiger partial charge in [-0.15, -0.1) is 0 Å². The van der Waals surface area contributed by atoms with Crippen LogP contribution in [0.2, 0.25) is 0 Å². The second kappa shape index (κ2) is 4.60. The van der Waals surface area contributed by atoms with Crippen LogP contribution in [0.5, 0.6) is 0 Å². The third kappa shape index (κ3) is 1.86. The Morgan fingerprint density at radius 2 is 2.32 bits per heavy atom. The number of fused-ring (bicyclic) bond motifs is 2. The SMILES string of the molecule is CCC1CCc2c1nc1cccc(Br)c1c2C(=O)O. The van der Waals surface area contributed by atoms with E-state index in [1.165, 1.54) is 0 Å². The Bertz CT molecular complexity index is 681. The number of carboxylic acids is 1. The lowest BCUT2D eigenvalue weighted by molar-refractivity contribution is 0.0698. The molecule has 0 saturated heterocycles. The molecule has 3 nitrogen and oxygen atoms in total. The van der Waals surface area contributed by atoms with Gasteiger partial charge in [0.05, 0.1) is 11.1 Å². The van der Waals surface area contributed by atoms with Gasteiger partial charge in [0.15, 0.2) is 0 Å². The number of hydrogen-bond acceptors (Lipinski definition) is 2. The van der Waals surface area contributed by atoms with Crippen molar-refractivity contribution in [1.82, 2.24) is 4.98 Å². The van der Waals surface area contributed by atoms with E-state index in [4.69, 9.17) is 4.98 Å². The van der Waals surface area contributed by atoms with Crippen molar-refractivity contribution in [3.8, 4) is 0 Å². The molecule has 1 unspecified atom stereocenters. The van der Waals surface area contributed by atoms with Gasteiger partial charge in [-0.2, -0.15) is 0 Å². The van der Waals surface area contributed by atoms with E-state index in [9.17, 15) is 9.90 Å². The van der Waals surface area contributed by atoms with Gasteiger partial charge < -0.3 is 5.11 Å². The van der Waals surface area contributed by atoms with Gasteiger partial charge in [-0.1, -0.05) is 28.9 Å². The van der Waals surface area contributed by atoms with Crippen molar-refractivity contribution in [2.75, 3.05) is 0 Å². The molecule has 0 saturated carbocycles. The Hall–Kier alpha value is -1.42. The molecule has 1 aromatic carbocycles. The Kier molecular flexibility index (Phi) is 3.05. The van der Waals surface area contributed by atoms with Crippen LogP contribution in [-0.2, 0) is 6.42 Å². The predicted molar refractivity (Wildman–Crippen MR) is 77.8 cm³/mol. The third-order valence-electron chi connectivity index (χ3n) is 3.93. The fourth-order valence-corrected chi connectivity index (χ4v) is 3.56. The molecule has 19 heavy (non-hydrogen) atoms. The number of benzene rings is 1. The maximum absolute atomic E-state index is 11.7. The van der Waals surface area contributed by atoms with Gasteiger partial charge in [0.1, 0.15) is 0 Å². The van der Waals surface area contributed by atoms with Crippen LogP contribution in [0.4, 0.5) is 0 Å². The molecule has 0 fully saturated rings. The van der Waals surface area contributed by atoms with Crippen molar-refractivity contribution in [2.45, 2.75) is 32.1 Å². The predicted octanol–water partition coefficient (Wildman–Crippen LogP) is 4.14. The highest BCUT2D eigenvalue weighted by Crippen LogP contribution is 2.40. The van der Waals surface area contributed by atoms with Gasteiger partial charge >= 0.3 is 5.97 Å². The van der Waals surface area contributed by atoms with Crippen molar-refractivity contribution in [2.24, 2.45) is 0 Å². The van der Waals surface area contributed by atoms with E-state index >= 15 is 0 Å². The summed E-state index contributed by atoms with van der Waals surface area (Å²) in [5.74, 6) is -0.455. The standard InChI is InChI=1S/C15H14BrNO2/c1-2-8-6-7-9-12(15(18)19)13-10(16)4-3-5-11(13)17-14(8)9/h3-5,8H,2,6-7H2,1H3,(H,18,19). The molecular formula is C15H14BrNO2. The minimum atomic E-state index is -0.854. The van der Waals surface area contributed by atoms with E-state index < -0.39 is 5.97 Å². The zero-order valence-electron chi connectivity index (χ0n) is 10.6. The maximum Gasteiger partial charge on any atom is 0.336 e. The highest BCUT2D eigenvalue weighted by Gasteiger charge is 2.29. The lowest BCUT2D eigenvalue weighted by Crippen LogP contribution is -2.06. The molecule has 1 aliphatic carbocycles. The van der Waals surface area contributed by atoms with Gasteiger partial charge in [-0.25, -0.2) is 4.79 Å². The van der Waals surface area contributed by atoms with Crippen LogP contribution in [0.25, 0.3) is 10.9 Å². The molecule has 1 aliphatic rings. The number of carboxylic acid groups (broad SMARTS) is 1. The van der Waals surface area contributed by atoms with Crippen molar-refractivity contribution in [3.63, 3.8) is 0 Å². The van der Waals surface area contributed by atoms with Crippen LogP contribution in [0.1, 0.15) is 47.3 Å². The summed E-state index contributed by atoms with van der Waals surface area (Å²) in [6.45, 7) is 2.13. The Balaban J connectivity index is 2.42. The molecule has 4 heteroatoms. The largest absolute Gasteiger partial charge is 0.478 e. The average molecular weight is 320 g/mol. The summed E-state index contributed by atoms with van der Waals surface area (Å²) in [4.78, 5) is 16.4. The second-order valence-electron chi connectivity index (χ2n) is 4.93. The summed E-state index contributed by atoms with van der Waals surface area (Å²) in [6.07, 6.45) is 2.84. The highest BCUT2D eigenvalue weighted by molar-refractivity contribution is 9.10. The van der Waals surface area contributed by atoms with Gasteiger partial charge in [0.25, 0.3) is 0 Å². The molecule has 0 radical (unpaired) electrons. The number of hydrogen-bond donors (Lipinski definition) is 1. The molecule has 0 aliphatic heterocycles. The smallest absolute Gasteiger partial charge is 0.336 e. The molecular weight excluding hydrogens is 306 g/mol. The van der Waals surface area contributed by atoms with Crippen molar-refractivity contribution >= 4 is 32.8 Å². The van der Waals surface area contributed by atoms with Crippen molar-refractivity contribution in [1.29, 1.82) is 0 Å². The molecule has 2 aromatic rings. The van der Waals surface area contributed by atoms with Crippen LogP contribution < -0.4 is 0 Å². The van der Waals surface area contributed by atoms with Crippen LogP contribution in [0, 0.1) is 0 Å². The number of aromatic nitrogens is 1. The molecule has 1 N–H and O–H groups in total. The van der Waals surface area contributed by atoms with Crippen molar-refractivity contribution < 1.29 is 9.90 Å². The molecule has 1 aromatic heterocycles. The number of rotatable bonds is 2. The van der Waals surface area contributed by atoms with Crippen molar-refractivity contribution in [3.05, 3.63) is 39.5 Å². The number of nitrogens with zero attached hydrogens (tertiary/aromatic N) is 1. The Morgan fingerprint density at radius 3 is 3.00 bits per heavy atom. The fraction of sp³-hybridized carbons (Fsp3) is 0.333. The fourth-order valence-electron chi connectivity index (χ4n) is 3.01. The van der Waals surface area contributed by atoms with E-state index in [1.807, 2.05) is 18.2 Å². The second-order valence-corrected chi connectivity index (χ2v) is 5.79. The molecule has 0 spiro atoms. The number of carbonyl (C=O) groups is 1. The summed E-state index contributed by atoms with van der Waals surface area (Å²) in [5, 5.41) is 10.3. The lowest BCUT2D eigenvalue weighted by atomic mass is 9.99. The minimum Gasteiger partial charge on any atom is -0.478 e. The van der Waals surface area contributed by atoms with Gasteiger partial charge in [0.2, 0.25) is 0 Å². The van der Waals surface area contributed by atoms with Crippen LogP contribution in [0.3, 0.4) is 0 Å². The zero-order chi connectivity index (χ0) is 13.6. The lowest BCUT2D eigenvalue weighted by Gasteiger charge is -2.12. The molecule has 98 valence electrons. The number of aromatic carboxylic acids is 1. The summed E-state index contributed by atoms with van der Waals surface area (Å²) in [5.41, 5.74) is 3.12. The van der Waals surface area contributed by atoms with Gasteiger partial charge in [-0.3, -0.25) is 4.98 Å². The maximum atomic E-state index is 11.7.